The number of aliphatic carboxylic acids is 2. The number of hydrogen-bond acceptors (Lipinski definition) is 10. The molecule has 0 aliphatic heterocycles. The second kappa shape index (κ2) is 44.3. The summed E-state index contributed by atoms with van der Waals surface area (Å²) in [5.74, 6) is -2.36. The van der Waals surface area contributed by atoms with Crippen molar-refractivity contribution in [2.75, 3.05) is 0 Å². The summed E-state index contributed by atoms with van der Waals surface area (Å²) in [6.45, 7) is 8.55. The van der Waals surface area contributed by atoms with Crippen molar-refractivity contribution in [3.63, 3.8) is 0 Å². The number of unbranched alkanes of at least 4 members (excludes halogenated alkanes) is 12. The summed E-state index contributed by atoms with van der Waals surface area (Å²) in [4.78, 5) is 44.2. The Kier molecular flexibility index (Phi) is 42.8. The van der Waals surface area contributed by atoms with Crippen molar-refractivity contribution >= 4 is 72.8 Å². The van der Waals surface area contributed by atoms with Crippen LogP contribution < -0.4 is 10.2 Å². The van der Waals surface area contributed by atoms with Crippen LogP contribution in [0.4, 0.5) is 0 Å². The Bertz CT molecular complexity index is 1320. The van der Waals surface area contributed by atoms with Crippen LogP contribution in [0.2, 0.25) is 0 Å². The standard InChI is InChI=1S/2C27H44O5.Ba/c2*1-3-4-5-6-11-18-26(32-23(2)28)20-14-19-25(17-12-8-13-21-27(29)30)31-22-24-15-9-7-10-16-24;/h2*7,9-10,15-16,25-26H,3-6,8,11-14,17-22H2,1-2H3,(H,29,30);/q;;+2/p-2. The van der Waals surface area contributed by atoms with Crippen molar-refractivity contribution in [1.29, 1.82) is 0 Å². The number of hydrogen-bond donors (Lipinski definition) is 0. The van der Waals surface area contributed by atoms with Gasteiger partial charge in [-0.2, -0.15) is 0 Å². The topological polar surface area (TPSA) is 151 Å². The molecule has 2 aromatic carbocycles. The van der Waals surface area contributed by atoms with Crippen molar-refractivity contribution < 1.29 is 48.3 Å². The van der Waals surface area contributed by atoms with Gasteiger partial charge in [-0.25, -0.2) is 0 Å². The average Bonchev–Trinajstić information content (AvgIpc) is 3.26. The fourth-order valence-corrected chi connectivity index (χ4v) is 7.93. The molecule has 0 saturated carbocycles. The van der Waals surface area contributed by atoms with Crippen LogP contribution in [0.15, 0.2) is 60.7 Å². The van der Waals surface area contributed by atoms with Gasteiger partial charge < -0.3 is 38.7 Å². The minimum absolute atomic E-state index is 0. The number of esters is 2. The van der Waals surface area contributed by atoms with E-state index in [-0.39, 0.29) is 98.1 Å². The molecule has 0 fully saturated rings. The second-order valence-electron chi connectivity index (χ2n) is 17.5. The van der Waals surface area contributed by atoms with Crippen LogP contribution in [-0.4, -0.2) is 97.2 Å². The molecule has 4 unspecified atom stereocenters. The van der Waals surface area contributed by atoms with Gasteiger partial charge >= 0.3 is 60.8 Å². The van der Waals surface area contributed by atoms with Gasteiger partial charge in [-0.3, -0.25) is 9.59 Å². The van der Waals surface area contributed by atoms with Gasteiger partial charge in [0.1, 0.15) is 12.2 Å². The molecular formula is C54H86BaO10. The molecule has 0 spiro atoms. The van der Waals surface area contributed by atoms with E-state index in [1.807, 2.05) is 36.4 Å². The first-order chi connectivity index (χ1) is 31.0. The van der Waals surface area contributed by atoms with Crippen LogP contribution in [0.5, 0.6) is 0 Å². The van der Waals surface area contributed by atoms with E-state index in [0.717, 1.165) is 114 Å². The maximum Gasteiger partial charge on any atom is 2.00 e. The third kappa shape index (κ3) is 40.6. The quantitative estimate of drug-likeness (QED) is 0.0358. The largest absolute Gasteiger partial charge is 2.00 e. The van der Waals surface area contributed by atoms with Gasteiger partial charge in [-0.05, 0) is 114 Å². The van der Waals surface area contributed by atoms with E-state index in [2.05, 4.69) is 38.1 Å². The minimum Gasteiger partial charge on any atom is -0.550 e. The summed E-state index contributed by atoms with van der Waals surface area (Å²) in [5.41, 5.74) is 2.30. The summed E-state index contributed by atoms with van der Waals surface area (Å²) >= 11 is 0. The van der Waals surface area contributed by atoms with Gasteiger partial charge in [0.25, 0.3) is 0 Å². The molecule has 0 aliphatic rings. The molecule has 2 rings (SSSR count). The molecule has 0 heterocycles. The number of carboxylic acids is 2. The Morgan fingerprint density at radius 1 is 0.415 bits per heavy atom. The Morgan fingerprint density at radius 2 is 0.708 bits per heavy atom. The van der Waals surface area contributed by atoms with Crippen molar-refractivity contribution in [2.24, 2.45) is 0 Å². The third-order valence-electron chi connectivity index (χ3n) is 11.5. The van der Waals surface area contributed by atoms with Gasteiger partial charge in [-0.15, -0.1) is 0 Å². The molecule has 10 nitrogen and oxygen atoms in total. The molecule has 364 valence electrons. The molecule has 0 bridgehead atoms. The van der Waals surface area contributed by atoms with Gasteiger partial charge in [0, 0.05) is 25.8 Å². The van der Waals surface area contributed by atoms with Crippen molar-refractivity contribution in [2.45, 2.75) is 245 Å². The van der Waals surface area contributed by atoms with E-state index in [4.69, 9.17) is 18.9 Å². The summed E-state index contributed by atoms with van der Waals surface area (Å²) in [7, 11) is 0. The smallest absolute Gasteiger partial charge is 0.550 e. The van der Waals surface area contributed by atoms with E-state index < -0.39 is 11.9 Å². The fraction of sp³-hybridized carbons (Fsp3) is 0.704. The fourth-order valence-electron chi connectivity index (χ4n) is 7.93. The van der Waals surface area contributed by atoms with Crippen LogP contribution in [-0.2, 0) is 51.3 Å². The zero-order valence-electron chi connectivity index (χ0n) is 41.1. The van der Waals surface area contributed by atoms with E-state index >= 15 is 0 Å². The Balaban J connectivity index is 0.00000124. The van der Waals surface area contributed by atoms with Gasteiger partial charge in [0.2, 0.25) is 0 Å². The summed E-state index contributed by atoms with van der Waals surface area (Å²) in [5, 5.41) is 21.2. The van der Waals surface area contributed by atoms with Crippen LogP contribution in [0, 0.1) is 0 Å². The summed E-state index contributed by atoms with van der Waals surface area (Å²) in [6, 6.07) is 20.3. The first-order valence-corrected chi connectivity index (χ1v) is 25.1. The van der Waals surface area contributed by atoms with Gasteiger partial charge in [0.15, 0.2) is 0 Å². The molecule has 0 radical (unpaired) electrons. The minimum atomic E-state index is -0.979. The Hall–Kier alpha value is -2.19. The van der Waals surface area contributed by atoms with E-state index in [1.54, 1.807) is 0 Å². The number of benzene rings is 2. The van der Waals surface area contributed by atoms with Gasteiger partial charge in [-0.1, -0.05) is 152 Å². The number of carbonyl (C=O) groups excluding carboxylic acids is 4. The maximum absolute atomic E-state index is 11.5. The maximum atomic E-state index is 11.5. The second-order valence-corrected chi connectivity index (χ2v) is 17.5. The SMILES string of the molecule is CCCCCCCC(CCCC(CCCCCC(=O)[O-])OCc1ccccc1)OC(C)=O.CCCCCCCC(CCCC(CCCCCC(=O)[O-])OCc1ccccc1)OC(C)=O.[Ba+2]. The van der Waals surface area contributed by atoms with E-state index in [9.17, 15) is 29.4 Å². The van der Waals surface area contributed by atoms with Crippen molar-refractivity contribution in [1.82, 2.24) is 0 Å². The van der Waals surface area contributed by atoms with Crippen LogP contribution >= 0.6 is 0 Å². The van der Waals surface area contributed by atoms with E-state index in [0.29, 0.717) is 26.1 Å². The zero-order valence-corrected chi connectivity index (χ0v) is 45.5. The number of ether oxygens (including phenoxy) is 4. The monoisotopic (exact) mass is 1030 g/mol. The summed E-state index contributed by atoms with van der Waals surface area (Å²) < 4.78 is 23.5. The molecule has 0 saturated heterocycles. The first-order valence-electron chi connectivity index (χ1n) is 25.1. The van der Waals surface area contributed by atoms with Crippen LogP contribution in [0.3, 0.4) is 0 Å². The van der Waals surface area contributed by atoms with Crippen molar-refractivity contribution in [3.8, 4) is 0 Å². The molecule has 4 atom stereocenters. The van der Waals surface area contributed by atoms with Crippen LogP contribution in [0.25, 0.3) is 0 Å². The number of carbonyl (C=O) groups is 4. The number of carboxylic acid groups (broad SMARTS) is 2. The van der Waals surface area contributed by atoms with E-state index in [1.165, 1.54) is 65.2 Å². The Morgan fingerprint density at radius 3 is 1.03 bits per heavy atom. The van der Waals surface area contributed by atoms with Crippen molar-refractivity contribution in [3.05, 3.63) is 71.8 Å². The van der Waals surface area contributed by atoms with Gasteiger partial charge in [0.05, 0.1) is 25.4 Å². The first kappa shape index (κ1) is 62.8. The normalized spacial score (nSPS) is 12.7. The average molecular weight is 1030 g/mol. The molecular weight excluding hydrogens is 946 g/mol. The molecule has 65 heavy (non-hydrogen) atoms. The molecule has 0 aromatic heterocycles. The van der Waals surface area contributed by atoms with Crippen LogP contribution in [0.1, 0.15) is 219 Å². The molecule has 0 amide bonds. The zero-order chi connectivity index (χ0) is 46.9. The molecule has 0 aliphatic carbocycles. The third-order valence-corrected chi connectivity index (χ3v) is 11.5. The predicted molar refractivity (Wildman–Crippen MR) is 258 cm³/mol. The summed E-state index contributed by atoms with van der Waals surface area (Å²) in [6.07, 6.45) is 26.6. The molecule has 2 aromatic rings. The number of rotatable bonds is 40. The molecule has 11 heteroatoms. The molecule has 0 N–H and O–H groups in total. The Labute approximate surface area is 434 Å². The predicted octanol–water partition coefficient (Wildman–Crippen LogP) is 11.1.